The second kappa shape index (κ2) is 6.79. The minimum atomic E-state index is -1.57. The Bertz CT molecular complexity index is 866. The number of hydrogen-bond acceptors (Lipinski definition) is 7. The number of esters is 2. The van der Waals surface area contributed by atoms with Crippen LogP contribution in [0.2, 0.25) is 5.02 Å². The summed E-state index contributed by atoms with van der Waals surface area (Å²) in [5.41, 5.74) is 0.0903. The van der Waals surface area contributed by atoms with Gasteiger partial charge in [-0.3, -0.25) is 9.59 Å². The summed E-state index contributed by atoms with van der Waals surface area (Å²) in [5.74, 6) is -2.61. The molecule has 3 heterocycles. The van der Waals surface area contributed by atoms with E-state index in [2.05, 4.69) is 0 Å². The highest BCUT2D eigenvalue weighted by atomic mass is 35.5. The number of carbonyl (C=O) groups is 3. The van der Waals surface area contributed by atoms with Crippen LogP contribution in [0.25, 0.3) is 0 Å². The summed E-state index contributed by atoms with van der Waals surface area (Å²) in [4.78, 5) is 42.3. The summed E-state index contributed by atoms with van der Waals surface area (Å²) < 4.78 is 16.1. The first-order chi connectivity index (χ1) is 13.7. The number of anilines is 1. The van der Waals surface area contributed by atoms with E-state index in [4.69, 9.17) is 25.8 Å². The molecule has 3 aliphatic rings. The lowest BCUT2D eigenvalue weighted by Gasteiger charge is -2.54. The van der Waals surface area contributed by atoms with E-state index in [1.54, 1.807) is 13.0 Å². The number of ether oxygens (including phenoxy) is 3. The Morgan fingerprint density at radius 2 is 1.93 bits per heavy atom. The third-order valence-electron chi connectivity index (χ3n) is 5.71. The number of rotatable bonds is 1. The van der Waals surface area contributed by atoms with Crippen LogP contribution in [0, 0.1) is 5.41 Å². The van der Waals surface area contributed by atoms with E-state index in [0.717, 1.165) is 11.3 Å². The van der Waals surface area contributed by atoms with Gasteiger partial charge in [-0.15, -0.1) is 0 Å². The Morgan fingerprint density at radius 3 is 2.59 bits per heavy atom. The molecule has 0 radical (unpaired) electrons. The van der Waals surface area contributed by atoms with Gasteiger partial charge in [-0.2, -0.15) is 0 Å². The summed E-state index contributed by atoms with van der Waals surface area (Å²) in [6.45, 7) is 5.97. The monoisotopic (exact) mass is 422 g/mol. The number of nitrogens with zero attached hydrogens (tertiary/aromatic N) is 2. The van der Waals surface area contributed by atoms with Crippen LogP contribution < -0.4 is 4.90 Å². The number of halogens is 1. The van der Waals surface area contributed by atoms with Crippen LogP contribution in [-0.2, 0) is 30.2 Å². The minimum Gasteiger partial charge on any atom is -0.450 e. The predicted octanol–water partition coefficient (Wildman–Crippen LogP) is 2.37. The number of amides is 1. The van der Waals surface area contributed by atoms with Crippen molar-refractivity contribution < 1.29 is 28.6 Å². The Labute approximate surface area is 173 Å². The predicted molar refractivity (Wildman–Crippen MR) is 104 cm³/mol. The van der Waals surface area contributed by atoms with Crippen LogP contribution in [0.15, 0.2) is 18.2 Å². The molecule has 1 aromatic rings. The lowest BCUT2D eigenvalue weighted by Crippen LogP contribution is -2.71. The molecule has 8 nitrogen and oxygen atoms in total. The van der Waals surface area contributed by atoms with Crippen LogP contribution in [0.3, 0.4) is 0 Å². The average Bonchev–Trinajstić information content (AvgIpc) is 2.65. The highest BCUT2D eigenvalue weighted by Crippen LogP contribution is 2.48. The number of benzene rings is 1. The molecule has 0 saturated carbocycles. The zero-order valence-electron chi connectivity index (χ0n) is 16.6. The fourth-order valence-electron chi connectivity index (χ4n) is 4.39. The summed E-state index contributed by atoms with van der Waals surface area (Å²) in [6, 6.07) is 4.71. The SMILES string of the molecule is CCOC(=O)N1CCN2c3cc(Cl)ccc3CC3(C(=O)OC(C)(C)OC3=O)[C@H]2C1. The summed E-state index contributed by atoms with van der Waals surface area (Å²) >= 11 is 6.21. The van der Waals surface area contributed by atoms with Crippen molar-refractivity contribution in [3.8, 4) is 0 Å². The molecule has 0 bridgehead atoms. The summed E-state index contributed by atoms with van der Waals surface area (Å²) in [6.07, 6.45) is -0.359. The Hall–Kier alpha value is -2.48. The first-order valence-electron chi connectivity index (χ1n) is 9.61. The molecule has 1 spiro atoms. The molecule has 1 atom stereocenters. The zero-order chi connectivity index (χ0) is 21.0. The molecular weight excluding hydrogens is 400 g/mol. The fourth-order valence-corrected chi connectivity index (χ4v) is 4.56. The van der Waals surface area contributed by atoms with Crippen molar-refractivity contribution in [1.82, 2.24) is 4.90 Å². The van der Waals surface area contributed by atoms with Gasteiger partial charge in [0.15, 0.2) is 5.41 Å². The number of cyclic esters (lactones) is 2. The van der Waals surface area contributed by atoms with Crippen molar-refractivity contribution >= 4 is 35.3 Å². The number of carbonyl (C=O) groups excluding carboxylic acids is 3. The number of fused-ring (bicyclic) bond motifs is 4. The van der Waals surface area contributed by atoms with Gasteiger partial charge in [0.2, 0.25) is 0 Å². The van der Waals surface area contributed by atoms with Crippen molar-refractivity contribution in [3.63, 3.8) is 0 Å². The Morgan fingerprint density at radius 1 is 1.24 bits per heavy atom. The fraction of sp³-hybridized carbons (Fsp3) is 0.550. The van der Waals surface area contributed by atoms with Gasteiger partial charge in [-0.1, -0.05) is 17.7 Å². The van der Waals surface area contributed by atoms with Gasteiger partial charge in [0.1, 0.15) is 0 Å². The summed E-state index contributed by atoms with van der Waals surface area (Å²) in [7, 11) is 0. The molecule has 156 valence electrons. The van der Waals surface area contributed by atoms with Crippen molar-refractivity contribution in [3.05, 3.63) is 28.8 Å². The van der Waals surface area contributed by atoms with E-state index in [-0.39, 0.29) is 19.6 Å². The van der Waals surface area contributed by atoms with Gasteiger partial charge < -0.3 is 24.0 Å². The van der Waals surface area contributed by atoms with Crippen LogP contribution >= 0.6 is 11.6 Å². The van der Waals surface area contributed by atoms with E-state index < -0.39 is 35.3 Å². The van der Waals surface area contributed by atoms with Crippen LogP contribution in [-0.4, -0.2) is 61.0 Å². The van der Waals surface area contributed by atoms with Crippen molar-refractivity contribution in [2.45, 2.75) is 39.0 Å². The molecule has 0 aromatic heterocycles. The number of hydrogen-bond donors (Lipinski definition) is 0. The van der Waals surface area contributed by atoms with Gasteiger partial charge in [0, 0.05) is 50.6 Å². The van der Waals surface area contributed by atoms with E-state index in [1.807, 2.05) is 17.0 Å². The first kappa shape index (κ1) is 19.8. The molecule has 9 heteroatoms. The molecule has 3 aliphatic heterocycles. The highest BCUT2D eigenvalue weighted by Gasteiger charge is 2.65. The molecule has 1 aromatic carbocycles. The van der Waals surface area contributed by atoms with Gasteiger partial charge in [-0.25, -0.2) is 4.79 Å². The molecule has 1 amide bonds. The molecule has 4 rings (SSSR count). The van der Waals surface area contributed by atoms with Crippen LogP contribution in [0.1, 0.15) is 26.3 Å². The van der Waals surface area contributed by atoms with E-state index >= 15 is 0 Å². The normalized spacial score (nSPS) is 24.3. The average molecular weight is 423 g/mol. The topological polar surface area (TPSA) is 85.4 Å². The zero-order valence-corrected chi connectivity index (χ0v) is 17.3. The first-order valence-corrected chi connectivity index (χ1v) is 9.99. The standard InChI is InChI=1S/C20H23ClN2O6/c1-4-27-18(26)22-7-8-23-14-9-13(21)6-5-12(14)10-20(15(23)11-22)16(24)28-19(2,3)29-17(20)25/h5-6,9,15H,4,7-8,10-11H2,1-3H3/t15-/m1/s1. The maximum Gasteiger partial charge on any atom is 0.409 e. The van der Waals surface area contributed by atoms with E-state index in [1.165, 1.54) is 18.7 Å². The number of piperazine rings is 1. The van der Waals surface area contributed by atoms with Crippen molar-refractivity contribution in [2.24, 2.45) is 5.41 Å². The van der Waals surface area contributed by atoms with Gasteiger partial charge in [0.05, 0.1) is 12.6 Å². The molecule has 0 aliphatic carbocycles. The molecule has 2 saturated heterocycles. The lowest BCUT2D eigenvalue weighted by molar-refractivity contribution is -0.253. The third-order valence-corrected chi connectivity index (χ3v) is 5.94. The minimum absolute atomic E-state index is 0.116. The molecular formula is C20H23ClN2O6. The van der Waals surface area contributed by atoms with Gasteiger partial charge in [0.25, 0.3) is 5.79 Å². The van der Waals surface area contributed by atoms with Crippen molar-refractivity contribution in [2.75, 3.05) is 31.1 Å². The second-order valence-corrected chi connectivity index (χ2v) is 8.39. The highest BCUT2D eigenvalue weighted by molar-refractivity contribution is 6.31. The quantitative estimate of drug-likeness (QED) is 0.507. The molecule has 0 unspecified atom stereocenters. The Balaban J connectivity index is 1.80. The lowest BCUT2D eigenvalue weighted by atomic mass is 9.69. The summed E-state index contributed by atoms with van der Waals surface area (Å²) in [5, 5.41) is 0.557. The molecule has 0 N–H and O–H groups in total. The second-order valence-electron chi connectivity index (χ2n) is 7.95. The van der Waals surface area contributed by atoms with Gasteiger partial charge in [-0.05, 0) is 24.6 Å². The van der Waals surface area contributed by atoms with Crippen LogP contribution in [0.4, 0.5) is 10.5 Å². The largest absolute Gasteiger partial charge is 0.450 e. The maximum atomic E-state index is 13.2. The van der Waals surface area contributed by atoms with Gasteiger partial charge >= 0.3 is 18.0 Å². The maximum absolute atomic E-state index is 13.2. The van der Waals surface area contributed by atoms with E-state index in [9.17, 15) is 14.4 Å². The third kappa shape index (κ3) is 3.10. The molecule has 29 heavy (non-hydrogen) atoms. The smallest absolute Gasteiger partial charge is 0.409 e. The van der Waals surface area contributed by atoms with Crippen LogP contribution in [0.5, 0.6) is 0 Å². The van der Waals surface area contributed by atoms with Crippen molar-refractivity contribution in [1.29, 1.82) is 0 Å². The van der Waals surface area contributed by atoms with E-state index in [0.29, 0.717) is 18.1 Å². The Kier molecular flexibility index (Phi) is 4.64. The molecule has 2 fully saturated rings.